The van der Waals surface area contributed by atoms with Gasteiger partial charge >= 0.3 is 37.7 Å². The first-order valence-corrected chi connectivity index (χ1v) is 0.548. The van der Waals surface area contributed by atoms with E-state index in [1.807, 2.05) is 0 Å². The Balaban J connectivity index is -0.0000000450. The summed E-state index contributed by atoms with van der Waals surface area (Å²) in [6, 6.07) is 0. The zero-order valence-electron chi connectivity index (χ0n) is 2.83. The van der Waals surface area contributed by atoms with Crippen molar-refractivity contribution in [3.05, 3.63) is 15.3 Å². The second kappa shape index (κ2) is 9.05. The van der Waals surface area contributed by atoms with Crippen molar-refractivity contribution in [3.8, 4) is 0 Å². The molecule has 0 unspecified atom stereocenters. The third kappa shape index (κ3) is 293. The van der Waals surface area contributed by atoms with E-state index in [9.17, 15) is 0 Å². The van der Waals surface area contributed by atoms with Gasteiger partial charge in [0, 0.05) is 0 Å². The quantitative estimate of drug-likeness (QED) is 0.237. The molecule has 0 fully saturated rings. The molecule has 6 heavy (non-hydrogen) atoms. The molecule has 0 heterocycles. The number of hydrogen-bond donors (Lipinski definition) is 0. The average molecular weight is 119 g/mol. The van der Waals surface area contributed by atoms with Gasteiger partial charge in [-0.25, -0.2) is 0 Å². The Labute approximate surface area is 63.4 Å². The molecular weight excluding hydrogens is 118 g/mol. The van der Waals surface area contributed by atoms with Crippen LogP contribution in [0, 0.1) is 15.3 Å². The summed E-state index contributed by atoms with van der Waals surface area (Å²) >= 11 is 0. The van der Waals surface area contributed by atoms with Gasteiger partial charge in [-0.2, -0.15) is 0 Å². The molecule has 0 rings (SSSR count). The van der Waals surface area contributed by atoms with Crippen molar-refractivity contribution < 1.29 is 10.6 Å². The van der Waals surface area contributed by atoms with Crippen LogP contribution in [0.2, 0.25) is 0 Å². The maximum Gasteiger partial charge on any atom is 2.00 e. The Hall–Kier alpha value is 0.420. The molecular formula is HCaNO4. The summed E-state index contributed by atoms with van der Waals surface area (Å²) in [4.78, 5) is 8.25. The summed E-state index contributed by atoms with van der Waals surface area (Å²) in [5, 5.41) is 14.8. The Morgan fingerprint density at radius 1 is 1.33 bits per heavy atom. The van der Waals surface area contributed by atoms with E-state index in [0.717, 1.165) is 0 Å². The van der Waals surface area contributed by atoms with Crippen LogP contribution in [-0.2, 0) is 0 Å². The summed E-state index contributed by atoms with van der Waals surface area (Å²) < 4.78 is 0. The molecule has 0 amide bonds. The third-order valence-corrected chi connectivity index (χ3v) is 0. The fraction of sp³-hybridized carbons (Fsp3) is 0. The van der Waals surface area contributed by atoms with E-state index in [1.54, 1.807) is 0 Å². The maximum absolute atomic E-state index is 8.25. The molecule has 0 aliphatic carbocycles. The zero-order valence-corrected chi connectivity index (χ0v) is 5.03. The fourth-order valence-corrected chi connectivity index (χ4v) is 0. The smallest absolute Gasteiger partial charge is 0.870 e. The van der Waals surface area contributed by atoms with Crippen LogP contribution >= 0.6 is 0 Å². The van der Waals surface area contributed by atoms with Gasteiger partial charge in [-0.15, -0.1) is 0 Å². The van der Waals surface area contributed by atoms with Crippen molar-refractivity contribution >= 4 is 37.7 Å². The molecule has 5 nitrogen and oxygen atoms in total. The SMILES string of the molecule is O=[N+]([O-])[O-].[Ca+2].[OH-]. The van der Waals surface area contributed by atoms with Crippen molar-refractivity contribution in [1.29, 1.82) is 0 Å². The van der Waals surface area contributed by atoms with E-state index in [1.165, 1.54) is 0 Å². The second-order valence-electron chi connectivity index (χ2n) is 0.224. The van der Waals surface area contributed by atoms with Crippen LogP contribution in [0.1, 0.15) is 0 Å². The summed E-state index contributed by atoms with van der Waals surface area (Å²) in [6.07, 6.45) is 0. The van der Waals surface area contributed by atoms with Crippen molar-refractivity contribution in [3.63, 3.8) is 0 Å². The minimum Gasteiger partial charge on any atom is -0.870 e. The van der Waals surface area contributed by atoms with Gasteiger partial charge in [-0.1, -0.05) is 0 Å². The number of rotatable bonds is 0. The van der Waals surface area contributed by atoms with Gasteiger partial charge < -0.3 is 20.8 Å². The first kappa shape index (κ1) is 16.1. The fourth-order valence-electron chi connectivity index (χ4n) is 0. The Kier molecular flexibility index (Phi) is 24.3. The van der Waals surface area contributed by atoms with E-state index >= 15 is 0 Å². The number of nitrogens with zero attached hydrogens (tertiary/aromatic N) is 1. The van der Waals surface area contributed by atoms with Gasteiger partial charge in [0.15, 0.2) is 0 Å². The van der Waals surface area contributed by atoms with Gasteiger partial charge in [0.2, 0.25) is 0 Å². The summed E-state index contributed by atoms with van der Waals surface area (Å²) in [5.41, 5.74) is 0. The second-order valence-corrected chi connectivity index (χ2v) is 0.224. The van der Waals surface area contributed by atoms with Crippen molar-refractivity contribution in [2.24, 2.45) is 0 Å². The molecule has 0 saturated carbocycles. The van der Waals surface area contributed by atoms with Gasteiger partial charge in [-0.05, 0) is 0 Å². The normalized spacial score (nSPS) is 4.00. The van der Waals surface area contributed by atoms with Crippen molar-refractivity contribution in [2.45, 2.75) is 0 Å². The standard InChI is InChI=1S/Ca.NO3.H2O/c;2-1(3)4;/h;;1H2/q+2;-1;/p-1. The van der Waals surface area contributed by atoms with E-state index in [2.05, 4.69) is 0 Å². The van der Waals surface area contributed by atoms with Gasteiger partial charge in [0.05, 0.1) is 5.09 Å². The molecule has 0 saturated heterocycles. The molecule has 0 bridgehead atoms. The van der Waals surface area contributed by atoms with E-state index in [0.29, 0.717) is 0 Å². The molecule has 0 atom stereocenters. The van der Waals surface area contributed by atoms with Gasteiger partial charge in [0.1, 0.15) is 0 Å². The third-order valence-electron chi connectivity index (χ3n) is 0. The predicted molar refractivity (Wildman–Crippen MR) is 18.1 cm³/mol. The van der Waals surface area contributed by atoms with Crippen LogP contribution in [0.5, 0.6) is 0 Å². The molecule has 0 aromatic heterocycles. The summed E-state index contributed by atoms with van der Waals surface area (Å²) in [6.45, 7) is 0. The molecule has 0 aliphatic rings. The molecule has 0 aliphatic heterocycles. The predicted octanol–water partition coefficient (Wildman–Crippen LogP) is -0.797. The first-order valence-electron chi connectivity index (χ1n) is 0.548. The largest absolute Gasteiger partial charge is 2.00 e. The van der Waals surface area contributed by atoms with Crippen LogP contribution in [0.4, 0.5) is 0 Å². The molecule has 0 aromatic rings. The van der Waals surface area contributed by atoms with Crippen LogP contribution < -0.4 is 0 Å². The van der Waals surface area contributed by atoms with E-state index < -0.39 is 5.09 Å². The van der Waals surface area contributed by atoms with Gasteiger partial charge in [0.25, 0.3) is 0 Å². The molecule has 0 spiro atoms. The minimum absolute atomic E-state index is 0. The Bertz CT molecular complexity index is 30.5. The molecule has 6 heteroatoms. The molecule has 1 N–H and O–H groups in total. The molecule has 0 radical (unpaired) electrons. The molecule has 32 valence electrons. The topological polar surface area (TPSA) is 96.2 Å². The van der Waals surface area contributed by atoms with Crippen molar-refractivity contribution in [2.75, 3.05) is 0 Å². The Morgan fingerprint density at radius 3 is 1.33 bits per heavy atom. The van der Waals surface area contributed by atoms with E-state index in [4.69, 9.17) is 15.3 Å². The first-order chi connectivity index (χ1) is 1.73. The maximum atomic E-state index is 8.25. The van der Waals surface area contributed by atoms with Crippen LogP contribution in [0.15, 0.2) is 0 Å². The molecule has 0 aromatic carbocycles. The van der Waals surface area contributed by atoms with Crippen LogP contribution in [0.25, 0.3) is 0 Å². The van der Waals surface area contributed by atoms with Gasteiger partial charge in [-0.3, -0.25) is 0 Å². The zero-order chi connectivity index (χ0) is 3.58. The van der Waals surface area contributed by atoms with Crippen molar-refractivity contribution in [1.82, 2.24) is 0 Å². The number of hydrogen-bond acceptors (Lipinski definition) is 4. The van der Waals surface area contributed by atoms with Crippen LogP contribution in [-0.4, -0.2) is 48.3 Å². The summed E-state index contributed by atoms with van der Waals surface area (Å²) in [7, 11) is 0. The monoisotopic (exact) mass is 119 g/mol. The average Bonchev–Trinajstić information content (AvgIpc) is 0.811. The minimum atomic E-state index is -1.75. The Morgan fingerprint density at radius 2 is 1.33 bits per heavy atom. The van der Waals surface area contributed by atoms with Crippen LogP contribution in [0.3, 0.4) is 0 Å². The van der Waals surface area contributed by atoms with E-state index in [-0.39, 0.29) is 43.2 Å². The summed E-state index contributed by atoms with van der Waals surface area (Å²) in [5.74, 6) is 0.